The van der Waals surface area contributed by atoms with Crippen molar-refractivity contribution >= 4 is 23.5 Å². The van der Waals surface area contributed by atoms with Gasteiger partial charge in [0.15, 0.2) is 0 Å². The molecule has 5 N–H and O–H groups in total. The zero-order chi connectivity index (χ0) is 19.4. The Balaban J connectivity index is 1.87. The van der Waals surface area contributed by atoms with Crippen LogP contribution in [0.4, 0.5) is 11.4 Å². The van der Waals surface area contributed by atoms with E-state index in [-0.39, 0.29) is 11.5 Å². The van der Waals surface area contributed by atoms with Crippen molar-refractivity contribution in [2.75, 3.05) is 5.32 Å². The summed E-state index contributed by atoms with van der Waals surface area (Å²) in [5, 5.41) is 10.5. The maximum absolute atomic E-state index is 12.9. The highest BCUT2D eigenvalue weighted by Gasteiger charge is 2.15. The van der Waals surface area contributed by atoms with Crippen molar-refractivity contribution < 1.29 is 0 Å². The lowest BCUT2D eigenvalue weighted by Crippen LogP contribution is -2.21. The van der Waals surface area contributed by atoms with Crippen molar-refractivity contribution in [3.8, 4) is 5.69 Å². The Morgan fingerprint density at radius 3 is 2.37 bits per heavy atom. The second kappa shape index (κ2) is 7.61. The number of nitrogens with two attached hydrogens (primary N) is 2. The van der Waals surface area contributed by atoms with Crippen LogP contribution in [0, 0.1) is 6.92 Å². The molecule has 0 bridgehead atoms. The van der Waals surface area contributed by atoms with Gasteiger partial charge in [-0.15, -0.1) is 5.10 Å². The highest BCUT2D eigenvalue weighted by atomic mass is 16.1. The lowest BCUT2D eigenvalue weighted by Gasteiger charge is -2.07. The highest BCUT2D eigenvalue weighted by molar-refractivity contribution is 5.82. The molecular formula is C19H21N7O. The normalized spacial score (nSPS) is 10.9. The third kappa shape index (κ3) is 3.90. The topological polar surface area (TPSA) is 116 Å². The second-order valence-electron chi connectivity index (χ2n) is 5.95. The minimum Gasteiger partial charge on any atom is -0.369 e. The molecule has 2 aromatic carbocycles. The van der Waals surface area contributed by atoms with Crippen molar-refractivity contribution in [1.82, 2.24) is 9.36 Å². The molecule has 3 rings (SSSR count). The van der Waals surface area contributed by atoms with Crippen LogP contribution in [-0.2, 0) is 7.05 Å². The Morgan fingerprint density at radius 1 is 1.07 bits per heavy atom. The van der Waals surface area contributed by atoms with Gasteiger partial charge in [-0.2, -0.15) is 5.10 Å². The van der Waals surface area contributed by atoms with Gasteiger partial charge in [-0.3, -0.25) is 9.48 Å². The van der Waals surface area contributed by atoms with Gasteiger partial charge in [0.25, 0.3) is 5.56 Å². The molecular weight excluding hydrogens is 342 g/mol. The van der Waals surface area contributed by atoms with Crippen LogP contribution in [0.15, 0.2) is 69.6 Å². The predicted molar refractivity (Wildman–Crippen MR) is 109 cm³/mol. The van der Waals surface area contributed by atoms with E-state index in [4.69, 9.17) is 11.5 Å². The van der Waals surface area contributed by atoms with Crippen LogP contribution in [0.5, 0.6) is 0 Å². The Bertz CT molecular complexity index is 1040. The third-order valence-electron chi connectivity index (χ3n) is 4.11. The number of hydrogen-bond donors (Lipinski definition) is 3. The minimum absolute atomic E-state index is 0.0983. The number of aromatic nitrogens is 2. The van der Waals surface area contributed by atoms with E-state index in [0.29, 0.717) is 5.69 Å². The van der Waals surface area contributed by atoms with Gasteiger partial charge < -0.3 is 16.8 Å². The first-order valence-corrected chi connectivity index (χ1v) is 8.30. The van der Waals surface area contributed by atoms with E-state index in [1.165, 1.54) is 0 Å². The van der Waals surface area contributed by atoms with E-state index in [1.54, 1.807) is 10.9 Å². The van der Waals surface area contributed by atoms with Crippen molar-refractivity contribution in [1.29, 1.82) is 0 Å². The molecule has 0 saturated heterocycles. The molecule has 138 valence electrons. The molecule has 0 aliphatic heterocycles. The summed E-state index contributed by atoms with van der Waals surface area (Å²) in [5.74, 6) is -0.0983. The second-order valence-corrected chi connectivity index (χ2v) is 5.95. The fourth-order valence-electron chi connectivity index (χ4n) is 2.67. The summed E-state index contributed by atoms with van der Waals surface area (Å²) in [6.45, 7) is 1.90. The average molecular weight is 363 g/mol. The Kier molecular flexibility index (Phi) is 5.07. The van der Waals surface area contributed by atoms with Crippen LogP contribution in [0.1, 0.15) is 11.3 Å². The molecule has 0 aliphatic carbocycles. The summed E-state index contributed by atoms with van der Waals surface area (Å²) in [6, 6.07) is 16.9. The van der Waals surface area contributed by atoms with Gasteiger partial charge in [-0.25, -0.2) is 4.68 Å². The Labute approximate surface area is 156 Å². The van der Waals surface area contributed by atoms with Gasteiger partial charge in [-0.1, -0.05) is 30.3 Å². The first-order valence-electron chi connectivity index (χ1n) is 8.30. The molecule has 27 heavy (non-hydrogen) atoms. The number of para-hydroxylation sites is 1. The number of hydrogen-bond acceptors (Lipinski definition) is 4. The van der Waals surface area contributed by atoms with E-state index in [9.17, 15) is 4.79 Å². The van der Waals surface area contributed by atoms with E-state index in [1.807, 2.05) is 73.3 Å². The molecule has 3 aromatic rings. The molecule has 1 aromatic heterocycles. The largest absolute Gasteiger partial charge is 0.369 e. The average Bonchev–Trinajstić information content (AvgIpc) is 2.87. The molecule has 0 unspecified atom stereocenters. The lowest BCUT2D eigenvalue weighted by atomic mass is 10.2. The summed E-state index contributed by atoms with van der Waals surface area (Å²) in [6.07, 6.45) is 1.54. The van der Waals surface area contributed by atoms with Crippen LogP contribution in [0.3, 0.4) is 0 Å². The third-order valence-corrected chi connectivity index (χ3v) is 4.11. The fraction of sp³-hybridized carbons (Fsp3) is 0.105. The van der Waals surface area contributed by atoms with Crippen LogP contribution >= 0.6 is 0 Å². The minimum atomic E-state index is -0.111. The molecule has 8 heteroatoms. The summed E-state index contributed by atoms with van der Waals surface area (Å²) in [7, 11) is 1.86. The first-order chi connectivity index (χ1) is 13.0. The maximum atomic E-state index is 12.9. The number of nitrogens with zero attached hydrogens (tertiary/aromatic N) is 4. The SMILES string of the molecule is Cc1c(Nc2ccc(/C=N/N=C(N)N)cc2)c(=O)n(-c2ccccc2)n1C. The van der Waals surface area contributed by atoms with Gasteiger partial charge in [-0.05, 0) is 36.8 Å². The fourth-order valence-corrected chi connectivity index (χ4v) is 2.67. The molecule has 0 amide bonds. The van der Waals surface area contributed by atoms with Gasteiger partial charge in [0, 0.05) is 12.7 Å². The highest BCUT2D eigenvalue weighted by Crippen LogP contribution is 2.19. The maximum Gasteiger partial charge on any atom is 0.295 e. The molecule has 0 atom stereocenters. The molecule has 0 fully saturated rings. The van der Waals surface area contributed by atoms with Crippen molar-refractivity contribution in [2.45, 2.75) is 6.92 Å². The summed E-state index contributed by atoms with van der Waals surface area (Å²) < 4.78 is 3.46. The zero-order valence-corrected chi connectivity index (χ0v) is 15.1. The van der Waals surface area contributed by atoms with Gasteiger partial charge in [0.1, 0.15) is 5.69 Å². The van der Waals surface area contributed by atoms with Crippen molar-refractivity contribution in [2.24, 2.45) is 28.7 Å². The zero-order valence-electron chi connectivity index (χ0n) is 15.1. The van der Waals surface area contributed by atoms with E-state index < -0.39 is 0 Å². The molecule has 0 radical (unpaired) electrons. The molecule has 0 aliphatic rings. The molecule has 8 nitrogen and oxygen atoms in total. The summed E-state index contributed by atoms with van der Waals surface area (Å²) in [5.41, 5.74) is 14.1. The van der Waals surface area contributed by atoms with E-state index in [0.717, 1.165) is 22.6 Å². The van der Waals surface area contributed by atoms with Gasteiger partial charge >= 0.3 is 0 Å². The van der Waals surface area contributed by atoms with Crippen LogP contribution in [0.25, 0.3) is 5.69 Å². The molecule has 1 heterocycles. The Morgan fingerprint density at radius 2 is 1.74 bits per heavy atom. The number of guanidine groups is 1. The van der Waals surface area contributed by atoms with Crippen LogP contribution in [-0.4, -0.2) is 21.5 Å². The van der Waals surface area contributed by atoms with E-state index >= 15 is 0 Å². The monoisotopic (exact) mass is 363 g/mol. The summed E-state index contributed by atoms with van der Waals surface area (Å²) in [4.78, 5) is 12.9. The number of benzene rings is 2. The van der Waals surface area contributed by atoms with Crippen LogP contribution in [0.2, 0.25) is 0 Å². The van der Waals surface area contributed by atoms with Crippen molar-refractivity contribution in [3.63, 3.8) is 0 Å². The van der Waals surface area contributed by atoms with Crippen LogP contribution < -0.4 is 22.3 Å². The smallest absolute Gasteiger partial charge is 0.295 e. The van der Waals surface area contributed by atoms with E-state index in [2.05, 4.69) is 15.5 Å². The van der Waals surface area contributed by atoms with Crippen molar-refractivity contribution in [3.05, 3.63) is 76.2 Å². The number of anilines is 2. The number of nitrogens with one attached hydrogen (secondary N) is 1. The standard InChI is InChI=1S/C19H21N7O/c1-13-17(18(27)26(25(13)2)16-6-4-3-5-7-16)23-15-10-8-14(9-11-15)12-22-24-19(20)21/h3-12,23H,1-2H3,(H4,20,21,24)/b22-12+. The first kappa shape index (κ1) is 18.0. The quantitative estimate of drug-likeness (QED) is 0.364. The predicted octanol–water partition coefficient (Wildman–Crippen LogP) is 1.84. The van der Waals surface area contributed by atoms with Gasteiger partial charge in [0.2, 0.25) is 5.96 Å². The lowest BCUT2D eigenvalue weighted by molar-refractivity contribution is 0.630. The molecule has 0 spiro atoms. The number of rotatable bonds is 5. The summed E-state index contributed by atoms with van der Waals surface area (Å²) >= 11 is 0. The molecule has 0 saturated carbocycles. The Hall–Kier alpha value is -3.81. The van der Waals surface area contributed by atoms with Gasteiger partial charge in [0.05, 0.1) is 17.6 Å².